The lowest BCUT2D eigenvalue weighted by Crippen LogP contribution is -2.06. The van der Waals surface area contributed by atoms with Crippen LogP contribution in [-0.4, -0.2) is 4.57 Å². The maximum Gasteiger partial charge on any atom is 0.416 e. The van der Waals surface area contributed by atoms with Gasteiger partial charge in [-0.3, -0.25) is 0 Å². The number of halogens is 3. The van der Waals surface area contributed by atoms with E-state index in [0.717, 1.165) is 17.0 Å². The molecule has 1 aromatic heterocycles. The molecule has 21 heavy (non-hydrogen) atoms. The monoisotopic (exact) mass is 290 g/mol. The normalized spacial score (nSPS) is 12.0. The first-order valence-corrected chi connectivity index (χ1v) is 6.44. The van der Waals surface area contributed by atoms with Crippen molar-refractivity contribution in [3.63, 3.8) is 0 Å². The van der Waals surface area contributed by atoms with E-state index < -0.39 is 11.7 Å². The number of nitrogens with two attached hydrogens (primary N) is 1. The van der Waals surface area contributed by atoms with Crippen molar-refractivity contribution in [2.24, 2.45) is 0 Å². The Morgan fingerprint density at radius 3 is 2.52 bits per heavy atom. The molecule has 0 radical (unpaired) electrons. The van der Waals surface area contributed by atoms with Crippen molar-refractivity contribution in [2.75, 3.05) is 5.73 Å². The summed E-state index contributed by atoms with van der Waals surface area (Å²) in [4.78, 5) is 0. The lowest BCUT2D eigenvalue weighted by Gasteiger charge is -2.10. The number of aromatic nitrogens is 1. The van der Waals surface area contributed by atoms with Crippen LogP contribution in [0.3, 0.4) is 0 Å². The highest BCUT2D eigenvalue weighted by Gasteiger charge is 2.30. The molecule has 3 rings (SSSR count). The zero-order valence-corrected chi connectivity index (χ0v) is 11.1. The van der Waals surface area contributed by atoms with Gasteiger partial charge in [0.2, 0.25) is 0 Å². The molecule has 0 aliphatic rings. The highest BCUT2D eigenvalue weighted by Crippen LogP contribution is 2.30. The zero-order valence-electron chi connectivity index (χ0n) is 11.1. The van der Waals surface area contributed by atoms with E-state index in [1.54, 1.807) is 12.1 Å². The van der Waals surface area contributed by atoms with E-state index >= 15 is 0 Å². The molecule has 0 saturated carbocycles. The van der Waals surface area contributed by atoms with Crippen molar-refractivity contribution < 1.29 is 13.2 Å². The molecule has 2 N–H and O–H groups in total. The van der Waals surface area contributed by atoms with Crippen molar-refractivity contribution in [3.8, 4) is 0 Å². The van der Waals surface area contributed by atoms with Crippen LogP contribution in [0.15, 0.2) is 54.7 Å². The first-order valence-electron chi connectivity index (χ1n) is 6.44. The van der Waals surface area contributed by atoms with Crippen LogP contribution in [0, 0.1) is 0 Å². The molecule has 0 saturated heterocycles. The Morgan fingerprint density at radius 2 is 1.76 bits per heavy atom. The number of fused-ring (bicyclic) bond motifs is 1. The van der Waals surface area contributed by atoms with E-state index in [9.17, 15) is 13.2 Å². The predicted octanol–water partition coefficient (Wildman–Crippen LogP) is 4.29. The second kappa shape index (κ2) is 4.84. The van der Waals surface area contributed by atoms with Gasteiger partial charge in [-0.15, -0.1) is 0 Å². The number of anilines is 1. The maximum absolute atomic E-state index is 12.7. The molecule has 1 heterocycles. The third kappa shape index (κ3) is 2.59. The standard InChI is InChI=1S/C16H13F3N2/c17-16(18,19)12-4-1-3-11(9-12)10-21-8-7-13-14(20)5-2-6-15(13)21/h1-9H,10,20H2. The topological polar surface area (TPSA) is 30.9 Å². The van der Waals surface area contributed by atoms with Crippen LogP contribution in [0.5, 0.6) is 0 Å². The summed E-state index contributed by atoms with van der Waals surface area (Å²) in [7, 11) is 0. The van der Waals surface area contributed by atoms with Crippen LogP contribution in [0.25, 0.3) is 10.9 Å². The molecule has 0 atom stereocenters. The van der Waals surface area contributed by atoms with E-state index in [0.29, 0.717) is 17.8 Å². The minimum atomic E-state index is -4.32. The summed E-state index contributed by atoms with van der Waals surface area (Å²) in [5.41, 5.74) is 7.43. The van der Waals surface area contributed by atoms with E-state index in [-0.39, 0.29) is 0 Å². The highest BCUT2D eigenvalue weighted by atomic mass is 19.4. The Hall–Kier alpha value is -2.43. The molecule has 5 heteroatoms. The molecule has 0 bridgehead atoms. The Balaban J connectivity index is 1.98. The molecule has 0 aliphatic heterocycles. The van der Waals surface area contributed by atoms with Crippen molar-refractivity contribution in [3.05, 3.63) is 65.9 Å². The Bertz CT molecular complexity index is 788. The second-order valence-electron chi connectivity index (χ2n) is 4.92. The Kier molecular flexibility index (Phi) is 3.12. The van der Waals surface area contributed by atoms with Gasteiger partial charge in [0.1, 0.15) is 0 Å². The average molecular weight is 290 g/mol. The SMILES string of the molecule is Nc1cccc2c1ccn2Cc1cccc(C(F)(F)F)c1. The number of nitrogens with zero attached hydrogens (tertiary/aromatic N) is 1. The van der Waals surface area contributed by atoms with Crippen LogP contribution in [0.2, 0.25) is 0 Å². The minimum Gasteiger partial charge on any atom is -0.398 e. The predicted molar refractivity (Wildman–Crippen MR) is 76.9 cm³/mol. The van der Waals surface area contributed by atoms with Gasteiger partial charge < -0.3 is 10.3 Å². The van der Waals surface area contributed by atoms with Gasteiger partial charge >= 0.3 is 6.18 Å². The molecule has 0 spiro atoms. The number of hydrogen-bond acceptors (Lipinski definition) is 1. The molecular weight excluding hydrogens is 277 g/mol. The Morgan fingerprint density at radius 1 is 1.00 bits per heavy atom. The van der Waals surface area contributed by atoms with Crippen LogP contribution in [-0.2, 0) is 12.7 Å². The van der Waals surface area contributed by atoms with Crippen LogP contribution in [0.4, 0.5) is 18.9 Å². The van der Waals surface area contributed by atoms with Gasteiger partial charge in [-0.25, -0.2) is 0 Å². The first kappa shape index (κ1) is 13.5. The quantitative estimate of drug-likeness (QED) is 0.701. The molecule has 0 unspecified atom stereocenters. The van der Waals surface area contributed by atoms with Crippen molar-refractivity contribution >= 4 is 16.6 Å². The summed E-state index contributed by atoms with van der Waals surface area (Å²) in [6, 6.07) is 12.8. The molecule has 2 aromatic carbocycles. The number of rotatable bonds is 2. The largest absolute Gasteiger partial charge is 0.416 e. The summed E-state index contributed by atoms with van der Waals surface area (Å²) in [6.45, 7) is 0.372. The molecule has 0 amide bonds. The molecule has 3 aromatic rings. The number of nitrogen functional groups attached to an aromatic ring is 1. The molecular formula is C16H13F3N2. The van der Waals surface area contributed by atoms with Gasteiger partial charge in [0.25, 0.3) is 0 Å². The molecule has 0 fully saturated rings. The van der Waals surface area contributed by atoms with Gasteiger partial charge in [0, 0.05) is 23.8 Å². The van der Waals surface area contributed by atoms with E-state index in [1.807, 2.05) is 29.0 Å². The minimum absolute atomic E-state index is 0.372. The van der Waals surface area contributed by atoms with Gasteiger partial charge in [-0.05, 0) is 35.9 Å². The lowest BCUT2D eigenvalue weighted by atomic mass is 10.1. The number of benzene rings is 2. The van der Waals surface area contributed by atoms with Gasteiger partial charge in [-0.1, -0.05) is 18.2 Å². The lowest BCUT2D eigenvalue weighted by molar-refractivity contribution is -0.137. The van der Waals surface area contributed by atoms with Crippen molar-refractivity contribution in [1.29, 1.82) is 0 Å². The van der Waals surface area contributed by atoms with Crippen molar-refractivity contribution in [2.45, 2.75) is 12.7 Å². The van der Waals surface area contributed by atoms with Gasteiger partial charge in [0.15, 0.2) is 0 Å². The summed E-state index contributed by atoms with van der Waals surface area (Å²) in [6.07, 6.45) is -2.49. The summed E-state index contributed by atoms with van der Waals surface area (Å²) in [5, 5.41) is 0.907. The van der Waals surface area contributed by atoms with Crippen LogP contribution < -0.4 is 5.73 Å². The smallest absolute Gasteiger partial charge is 0.398 e. The molecule has 0 aliphatic carbocycles. The molecule has 108 valence electrons. The highest BCUT2D eigenvalue weighted by molar-refractivity contribution is 5.91. The maximum atomic E-state index is 12.7. The summed E-state index contributed by atoms with van der Waals surface area (Å²) >= 11 is 0. The van der Waals surface area contributed by atoms with E-state index in [4.69, 9.17) is 5.73 Å². The van der Waals surface area contributed by atoms with Gasteiger partial charge in [0.05, 0.1) is 11.1 Å². The Labute approximate surface area is 119 Å². The second-order valence-corrected chi connectivity index (χ2v) is 4.92. The number of alkyl halides is 3. The van der Waals surface area contributed by atoms with Gasteiger partial charge in [-0.2, -0.15) is 13.2 Å². The average Bonchev–Trinajstić information content (AvgIpc) is 2.83. The fourth-order valence-corrected chi connectivity index (χ4v) is 2.43. The van der Waals surface area contributed by atoms with Crippen LogP contribution >= 0.6 is 0 Å². The first-order chi connectivity index (χ1) is 9.95. The van der Waals surface area contributed by atoms with E-state index in [1.165, 1.54) is 12.1 Å². The number of hydrogen-bond donors (Lipinski definition) is 1. The fraction of sp³-hybridized carbons (Fsp3) is 0.125. The summed E-state index contributed by atoms with van der Waals surface area (Å²) < 4.78 is 40.1. The van der Waals surface area contributed by atoms with Crippen LogP contribution in [0.1, 0.15) is 11.1 Å². The third-order valence-electron chi connectivity index (χ3n) is 3.45. The third-order valence-corrected chi connectivity index (χ3v) is 3.45. The van der Waals surface area contributed by atoms with E-state index in [2.05, 4.69) is 0 Å². The fourth-order valence-electron chi connectivity index (χ4n) is 2.43. The zero-order chi connectivity index (χ0) is 15.0. The molecule has 2 nitrogen and oxygen atoms in total. The summed E-state index contributed by atoms with van der Waals surface area (Å²) in [5.74, 6) is 0. The van der Waals surface area contributed by atoms with Crippen molar-refractivity contribution in [1.82, 2.24) is 4.57 Å².